The molecule has 2 aromatic carbocycles. The Kier molecular flexibility index (Phi) is 9.55. The van der Waals surface area contributed by atoms with Gasteiger partial charge in [-0.25, -0.2) is 18.0 Å². The molecule has 0 aliphatic carbocycles. The third kappa shape index (κ3) is 6.89. The maximum atomic E-state index is 16.5. The molecular weight excluding hydrogens is 692 g/mol. The van der Waals surface area contributed by atoms with Crippen molar-refractivity contribution in [2.24, 2.45) is 0 Å². The minimum atomic E-state index is -4.95. The number of alkyl halides is 4. The number of hydrogen-bond acceptors (Lipinski definition) is 9. The standard InChI is InChI=1S/C36H33F6N7O3/c37-23-7-8-28(36(40,41)42)26(15-23)30-29(39)31-27(17-44-30)32(46-33(45-31)52-21-35-10-4-12-48(35)18-24(38)16-35)47-13-14-49(25(19-47)9-11-43)34(50)51-20-22-5-2-1-3-6-22/h1-3,5-8,15,17,24-25H,4,9-10,12-14,16,18-21H2/t24-,25+,35+/m1/s1. The van der Waals surface area contributed by atoms with Gasteiger partial charge in [-0.3, -0.25) is 9.88 Å². The molecule has 0 unspecified atom stereocenters. The molecule has 3 aliphatic heterocycles. The van der Waals surface area contributed by atoms with Crippen molar-refractivity contribution in [3.05, 3.63) is 77.5 Å². The highest BCUT2D eigenvalue weighted by Gasteiger charge is 2.49. The molecule has 3 aliphatic rings. The van der Waals surface area contributed by atoms with E-state index < -0.39 is 64.0 Å². The molecule has 4 aromatic rings. The number of carbonyl (C=O) groups excluding carboxylic acids is 1. The van der Waals surface area contributed by atoms with Crippen LogP contribution < -0.4 is 9.64 Å². The fourth-order valence-corrected chi connectivity index (χ4v) is 7.49. The summed E-state index contributed by atoms with van der Waals surface area (Å²) >= 11 is 0. The van der Waals surface area contributed by atoms with Crippen LogP contribution >= 0.6 is 0 Å². The van der Waals surface area contributed by atoms with E-state index in [2.05, 4.69) is 21.0 Å². The summed E-state index contributed by atoms with van der Waals surface area (Å²) in [6.45, 7) is 1.22. The van der Waals surface area contributed by atoms with Crippen molar-refractivity contribution < 1.29 is 40.6 Å². The first kappa shape index (κ1) is 35.2. The second-order valence-corrected chi connectivity index (χ2v) is 13.3. The predicted molar refractivity (Wildman–Crippen MR) is 176 cm³/mol. The zero-order valence-electron chi connectivity index (χ0n) is 27.8. The molecule has 3 saturated heterocycles. The molecule has 3 fully saturated rings. The van der Waals surface area contributed by atoms with Gasteiger partial charge >= 0.3 is 18.3 Å². The quantitative estimate of drug-likeness (QED) is 0.184. The van der Waals surface area contributed by atoms with Crippen LogP contribution in [0.5, 0.6) is 6.01 Å². The van der Waals surface area contributed by atoms with Crippen LogP contribution in [0.25, 0.3) is 22.2 Å². The molecular formula is C36H33F6N7O3. The Bertz CT molecular complexity index is 2010. The normalized spacial score (nSPS) is 22.0. The Morgan fingerprint density at radius 2 is 1.87 bits per heavy atom. The van der Waals surface area contributed by atoms with Gasteiger partial charge in [0.25, 0.3) is 0 Å². The van der Waals surface area contributed by atoms with Crippen molar-refractivity contribution >= 4 is 22.8 Å². The molecule has 3 atom stereocenters. The second-order valence-electron chi connectivity index (χ2n) is 13.3. The van der Waals surface area contributed by atoms with Crippen LogP contribution in [-0.2, 0) is 17.5 Å². The third-order valence-electron chi connectivity index (χ3n) is 9.97. The number of benzene rings is 2. The van der Waals surface area contributed by atoms with Gasteiger partial charge in [-0.2, -0.15) is 28.4 Å². The van der Waals surface area contributed by atoms with Gasteiger partial charge in [0.2, 0.25) is 0 Å². The highest BCUT2D eigenvalue weighted by molar-refractivity contribution is 5.92. The van der Waals surface area contributed by atoms with Gasteiger partial charge in [-0.1, -0.05) is 30.3 Å². The average molecular weight is 726 g/mol. The lowest BCUT2D eigenvalue weighted by Gasteiger charge is -2.40. The number of nitrogens with zero attached hydrogens (tertiary/aromatic N) is 7. The second kappa shape index (κ2) is 14.1. The SMILES string of the molecule is N#CC[C@H]1CN(c2nc(OC[C@@]34CCCN3C[C@H](F)C4)nc3c(F)c(-c4cc(F)ccc4C(F)(F)F)ncc23)CCN1C(=O)OCc1ccccc1. The number of hydrogen-bond donors (Lipinski definition) is 0. The van der Waals surface area contributed by atoms with Gasteiger partial charge < -0.3 is 19.3 Å². The molecule has 7 rings (SSSR count). The largest absolute Gasteiger partial charge is 0.461 e. The fraction of sp³-hybridized carbons (Fsp3) is 0.417. The number of nitriles is 1. The van der Waals surface area contributed by atoms with Crippen LogP contribution in [0.1, 0.15) is 36.8 Å². The highest BCUT2D eigenvalue weighted by atomic mass is 19.4. The maximum absolute atomic E-state index is 16.5. The van der Waals surface area contributed by atoms with E-state index in [-0.39, 0.29) is 69.4 Å². The number of piperazine rings is 1. The van der Waals surface area contributed by atoms with Crippen LogP contribution in [0.15, 0.2) is 54.7 Å². The monoisotopic (exact) mass is 725 g/mol. The third-order valence-corrected chi connectivity index (χ3v) is 9.97. The van der Waals surface area contributed by atoms with Crippen LogP contribution in [0.3, 0.4) is 0 Å². The van der Waals surface area contributed by atoms with E-state index in [0.29, 0.717) is 31.2 Å². The molecule has 1 amide bonds. The van der Waals surface area contributed by atoms with Crippen LogP contribution in [0.4, 0.5) is 37.0 Å². The predicted octanol–water partition coefficient (Wildman–Crippen LogP) is 6.69. The number of anilines is 1. The summed E-state index contributed by atoms with van der Waals surface area (Å²) < 4.78 is 98.8. The van der Waals surface area contributed by atoms with Crippen molar-refractivity contribution in [3.63, 3.8) is 0 Å². The lowest BCUT2D eigenvalue weighted by Crippen LogP contribution is -2.55. The van der Waals surface area contributed by atoms with Crippen molar-refractivity contribution in [1.82, 2.24) is 24.8 Å². The van der Waals surface area contributed by atoms with E-state index in [4.69, 9.17) is 9.47 Å². The summed E-state index contributed by atoms with van der Waals surface area (Å²) in [5.74, 6) is -2.18. The molecule has 52 heavy (non-hydrogen) atoms. The Labute approximate surface area is 294 Å². The highest BCUT2D eigenvalue weighted by Crippen LogP contribution is 2.42. The summed E-state index contributed by atoms with van der Waals surface area (Å²) in [5.41, 5.74) is -3.15. The van der Waals surface area contributed by atoms with Crippen LogP contribution in [0, 0.1) is 23.0 Å². The van der Waals surface area contributed by atoms with Crippen LogP contribution in [0.2, 0.25) is 0 Å². The lowest BCUT2D eigenvalue weighted by atomic mass is 9.95. The molecule has 2 aromatic heterocycles. The van der Waals surface area contributed by atoms with Gasteiger partial charge in [0.1, 0.15) is 42.2 Å². The Morgan fingerprint density at radius 3 is 2.63 bits per heavy atom. The van der Waals surface area contributed by atoms with Crippen LogP contribution in [-0.4, -0.2) is 87.9 Å². The number of rotatable bonds is 8. The molecule has 0 spiro atoms. The minimum absolute atomic E-state index is 0.0136. The topological polar surface area (TPSA) is 108 Å². The molecule has 0 bridgehead atoms. The number of carbonyl (C=O) groups is 1. The van der Waals surface area contributed by atoms with E-state index in [1.54, 1.807) is 17.0 Å². The van der Waals surface area contributed by atoms with Gasteiger partial charge in [-0.15, -0.1) is 0 Å². The molecule has 0 radical (unpaired) electrons. The van der Waals surface area contributed by atoms with Crippen molar-refractivity contribution in [2.45, 2.75) is 56.2 Å². The maximum Gasteiger partial charge on any atom is 0.417 e. The number of aromatic nitrogens is 3. The van der Waals surface area contributed by atoms with Gasteiger partial charge in [-0.05, 0) is 43.1 Å². The summed E-state index contributed by atoms with van der Waals surface area (Å²) in [4.78, 5) is 31.2. The lowest BCUT2D eigenvalue weighted by molar-refractivity contribution is -0.137. The van der Waals surface area contributed by atoms with Gasteiger partial charge in [0.15, 0.2) is 5.82 Å². The number of halogens is 6. The molecule has 0 saturated carbocycles. The average Bonchev–Trinajstić information content (AvgIpc) is 3.65. The Morgan fingerprint density at radius 1 is 1.06 bits per heavy atom. The summed E-state index contributed by atoms with van der Waals surface area (Å²) in [6, 6.07) is 11.9. The molecule has 5 heterocycles. The molecule has 16 heteroatoms. The summed E-state index contributed by atoms with van der Waals surface area (Å²) in [5, 5.41) is 9.66. The van der Waals surface area contributed by atoms with E-state index in [1.165, 1.54) is 4.90 Å². The van der Waals surface area contributed by atoms with E-state index in [9.17, 15) is 32.0 Å². The first-order chi connectivity index (χ1) is 25.0. The summed E-state index contributed by atoms with van der Waals surface area (Å²) in [6.07, 6.45) is -3.88. The van der Waals surface area contributed by atoms with Crippen molar-refractivity contribution in [1.29, 1.82) is 5.26 Å². The zero-order valence-corrected chi connectivity index (χ0v) is 27.8. The fourth-order valence-electron chi connectivity index (χ4n) is 7.49. The number of fused-ring (bicyclic) bond motifs is 2. The number of pyridine rings is 1. The van der Waals surface area contributed by atoms with E-state index >= 15 is 4.39 Å². The van der Waals surface area contributed by atoms with E-state index in [1.807, 2.05) is 23.1 Å². The smallest absolute Gasteiger partial charge is 0.417 e. The molecule has 0 N–H and O–H groups in total. The Hall–Kier alpha value is -5.17. The first-order valence-corrected chi connectivity index (χ1v) is 16.8. The van der Waals surface area contributed by atoms with Crippen molar-refractivity contribution in [3.8, 4) is 23.3 Å². The zero-order chi connectivity index (χ0) is 36.6. The first-order valence-electron chi connectivity index (χ1n) is 16.8. The van der Waals surface area contributed by atoms with Gasteiger partial charge in [0.05, 0.1) is 35.0 Å². The van der Waals surface area contributed by atoms with Gasteiger partial charge in [0, 0.05) is 44.4 Å². The number of ether oxygens (including phenoxy) is 2. The van der Waals surface area contributed by atoms with Crippen molar-refractivity contribution in [2.75, 3.05) is 44.2 Å². The Balaban J connectivity index is 1.25. The molecule has 10 nitrogen and oxygen atoms in total. The minimum Gasteiger partial charge on any atom is -0.461 e. The number of amides is 1. The van der Waals surface area contributed by atoms with E-state index in [0.717, 1.165) is 18.2 Å². The summed E-state index contributed by atoms with van der Waals surface area (Å²) in [7, 11) is 0. The molecule has 272 valence electrons.